The first kappa shape index (κ1) is 17.6. The van der Waals surface area contributed by atoms with E-state index in [2.05, 4.69) is 27.1 Å². The van der Waals surface area contributed by atoms with Gasteiger partial charge in [-0.2, -0.15) is 5.10 Å². The Balaban J connectivity index is 2.06. The molecule has 0 amide bonds. The second kappa shape index (κ2) is 6.72. The van der Waals surface area contributed by atoms with Gasteiger partial charge in [0.15, 0.2) is 5.69 Å². The maximum Gasteiger partial charge on any atom is 0.356 e. The average Bonchev–Trinajstić information content (AvgIpc) is 2.85. The number of hydrogen-bond acceptors (Lipinski definition) is 2. The normalized spacial score (nSPS) is 13.0. The first-order valence-electron chi connectivity index (χ1n) is 8.05. The minimum Gasteiger partial charge on any atom is -0.476 e. The van der Waals surface area contributed by atoms with Gasteiger partial charge >= 0.3 is 5.97 Å². The van der Waals surface area contributed by atoms with E-state index in [1.807, 2.05) is 12.1 Å². The molecule has 0 unspecified atom stereocenters. The van der Waals surface area contributed by atoms with Crippen LogP contribution in [0.2, 0.25) is 10.0 Å². The Morgan fingerprint density at radius 2 is 1.96 bits per heavy atom. The molecule has 0 atom stereocenters. The lowest BCUT2D eigenvalue weighted by Gasteiger charge is -2.13. The van der Waals surface area contributed by atoms with Gasteiger partial charge in [0.05, 0.1) is 16.4 Å². The molecule has 1 aliphatic rings. The van der Waals surface area contributed by atoms with Crippen molar-refractivity contribution in [3.63, 3.8) is 0 Å². The number of carboxylic acids is 1. The second-order valence-corrected chi connectivity index (χ2v) is 7.90. The Hall–Kier alpha value is -1.82. The molecule has 1 heterocycles. The highest BCUT2D eigenvalue weighted by Gasteiger charge is 2.28. The Morgan fingerprint density at radius 1 is 1.15 bits per heavy atom. The van der Waals surface area contributed by atoms with Crippen LogP contribution in [0, 0.1) is 0 Å². The van der Waals surface area contributed by atoms with Crippen LogP contribution in [-0.4, -0.2) is 20.9 Å². The molecule has 1 aliphatic carbocycles. The molecule has 3 aromatic rings. The molecule has 0 spiro atoms. The zero-order chi connectivity index (χ0) is 18.4. The molecule has 7 heteroatoms. The van der Waals surface area contributed by atoms with Crippen LogP contribution in [0.3, 0.4) is 0 Å². The largest absolute Gasteiger partial charge is 0.476 e. The third-order valence-electron chi connectivity index (χ3n) is 4.52. The van der Waals surface area contributed by atoms with E-state index in [4.69, 9.17) is 23.2 Å². The van der Waals surface area contributed by atoms with E-state index in [9.17, 15) is 9.90 Å². The van der Waals surface area contributed by atoms with Crippen LogP contribution >= 0.6 is 39.1 Å². The predicted octanol–water partition coefficient (Wildman–Crippen LogP) is 5.80. The van der Waals surface area contributed by atoms with Crippen molar-refractivity contribution in [3.8, 4) is 16.9 Å². The molecule has 0 radical (unpaired) electrons. The van der Waals surface area contributed by atoms with Crippen LogP contribution in [0.25, 0.3) is 16.9 Å². The minimum absolute atomic E-state index is 0.0711. The maximum absolute atomic E-state index is 11.8. The third kappa shape index (κ3) is 2.94. The smallest absolute Gasteiger partial charge is 0.356 e. The lowest BCUT2D eigenvalue weighted by molar-refractivity contribution is 0.0688. The average molecular weight is 452 g/mol. The number of benzene rings is 2. The van der Waals surface area contributed by atoms with Gasteiger partial charge in [-0.15, -0.1) is 0 Å². The van der Waals surface area contributed by atoms with E-state index in [0.717, 1.165) is 39.7 Å². The molecular formula is C19H13BrCl2N2O2. The second-order valence-electron chi connectivity index (χ2n) is 6.14. The lowest BCUT2D eigenvalue weighted by atomic mass is 10.0. The molecule has 0 saturated carbocycles. The fourth-order valence-corrected chi connectivity index (χ4v) is 4.32. The number of aryl methyl sites for hydroxylation is 1. The fraction of sp³-hybridized carbons (Fsp3) is 0.158. The van der Waals surface area contributed by atoms with E-state index in [0.29, 0.717) is 22.2 Å². The van der Waals surface area contributed by atoms with E-state index in [-0.39, 0.29) is 5.69 Å². The number of halogens is 3. The van der Waals surface area contributed by atoms with Gasteiger partial charge in [-0.25, -0.2) is 9.48 Å². The molecule has 2 aromatic carbocycles. The van der Waals surface area contributed by atoms with Crippen LogP contribution < -0.4 is 0 Å². The fourth-order valence-electron chi connectivity index (χ4n) is 3.42. The van der Waals surface area contributed by atoms with Crippen molar-refractivity contribution in [2.45, 2.75) is 19.3 Å². The summed E-state index contributed by atoms with van der Waals surface area (Å²) < 4.78 is 2.63. The molecule has 26 heavy (non-hydrogen) atoms. The monoisotopic (exact) mass is 450 g/mol. The van der Waals surface area contributed by atoms with Crippen molar-refractivity contribution < 1.29 is 9.90 Å². The predicted molar refractivity (Wildman–Crippen MR) is 106 cm³/mol. The van der Waals surface area contributed by atoms with Crippen molar-refractivity contribution in [2.75, 3.05) is 0 Å². The van der Waals surface area contributed by atoms with Gasteiger partial charge in [0.2, 0.25) is 0 Å². The molecule has 0 saturated heterocycles. The highest BCUT2D eigenvalue weighted by atomic mass is 79.9. The van der Waals surface area contributed by atoms with Gasteiger partial charge < -0.3 is 5.11 Å². The summed E-state index contributed by atoms with van der Waals surface area (Å²) in [5.41, 5.74) is 4.33. The summed E-state index contributed by atoms with van der Waals surface area (Å²) in [4.78, 5) is 11.8. The summed E-state index contributed by atoms with van der Waals surface area (Å²) in [6, 6.07) is 11.1. The summed E-state index contributed by atoms with van der Waals surface area (Å²) in [5, 5.41) is 15.0. The molecule has 4 rings (SSSR count). The van der Waals surface area contributed by atoms with Crippen molar-refractivity contribution >= 4 is 45.1 Å². The van der Waals surface area contributed by atoms with Gasteiger partial charge in [0.1, 0.15) is 0 Å². The highest BCUT2D eigenvalue weighted by Crippen LogP contribution is 2.38. The number of aromatic nitrogens is 2. The summed E-state index contributed by atoms with van der Waals surface area (Å²) in [7, 11) is 0. The Labute approximate surface area is 168 Å². The topological polar surface area (TPSA) is 55.1 Å². The van der Waals surface area contributed by atoms with Gasteiger partial charge in [-0.05, 0) is 55.2 Å². The van der Waals surface area contributed by atoms with Crippen molar-refractivity contribution in [3.05, 3.63) is 67.7 Å². The zero-order valence-corrected chi connectivity index (χ0v) is 16.6. The van der Waals surface area contributed by atoms with Gasteiger partial charge in [-0.1, -0.05) is 45.2 Å². The van der Waals surface area contributed by atoms with Gasteiger partial charge in [0, 0.05) is 20.6 Å². The molecule has 1 N–H and O–H groups in total. The Bertz CT molecular complexity index is 1050. The Kier molecular flexibility index (Phi) is 4.55. The number of nitrogens with zero attached hydrogens (tertiary/aromatic N) is 2. The molecule has 132 valence electrons. The number of carboxylic acid groups (broad SMARTS) is 1. The summed E-state index contributed by atoms with van der Waals surface area (Å²) in [5.74, 6) is -1.04. The van der Waals surface area contributed by atoms with Crippen molar-refractivity contribution in [1.82, 2.24) is 9.78 Å². The van der Waals surface area contributed by atoms with Crippen LogP contribution in [-0.2, 0) is 12.8 Å². The SMILES string of the molecule is O=C(O)c1nn(-c2ccc(Cl)cc2Cl)c2c1CCCc1cc(Br)ccc1-2. The molecule has 0 fully saturated rings. The quantitative estimate of drug-likeness (QED) is 0.535. The highest BCUT2D eigenvalue weighted by molar-refractivity contribution is 9.10. The third-order valence-corrected chi connectivity index (χ3v) is 5.55. The molecule has 4 nitrogen and oxygen atoms in total. The number of carbonyl (C=O) groups is 1. The van der Waals surface area contributed by atoms with Gasteiger partial charge in [0.25, 0.3) is 0 Å². The van der Waals surface area contributed by atoms with Crippen LogP contribution in [0.15, 0.2) is 40.9 Å². The zero-order valence-electron chi connectivity index (χ0n) is 13.5. The number of aromatic carboxylic acids is 1. The number of rotatable bonds is 2. The molecule has 0 bridgehead atoms. The van der Waals surface area contributed by atoms with Gasteiger partial charge in [-0.3, -0.25) is 0 Å². The first-order chi connectivity index (χ1) is 12.5. The molecular weight excluding hydrogens is 439 g/mol. The summed E-state index contributed by atoms with van der Waals surface area (Å²) in [6.45, 7) is 0. The standard InChI is InChI=1S/C19H13BrCl2N2O2/c20-11-4-6-13-10(8-11)2-1-3-14-17(19(25)26)23-24(18(13)14)16-7-5-12(21)9-15(16)22/h4-9H,1-3H2,(H,25,26). The van der Waals surface area contributed by atoms with E-state index in [1.54, 1.807) is 22.9 Å². The lowest BCUT2D eigenvalue weighted by Crippen LogP contribution is -2.04. The number of fused-ring (bicyclic) bond motifs is 3. The van der Waals surface area contributed by atoms with Crippen LogP contribution in [0.1, 0.15) is 28.0 Å². The van der Waals surface area contributed by atoms with E-state index >= 15 is 0 Å². The van der Waals surface area contributed by atoms with E-state index in [1.165, 1.54) is 0 Å². The summed E-state index contributed by atoms with van der Waals surface area (Å²) >= 11 is 15.9. The Morgan fingerprint density at radius 3 is 2.69 bits per heavy atom. The van der Waals surface area contributed by atoms with E-state index < -0.39 is 5.97 Å². The van der Waals surface area contributed by atoms with Crippen LogP contribution in [0.4, 0.5) is 0 Å². The van der Waals surface area contributed by atoms with Crippen LogP contribution in [0.5, 0.6) is 0 Å². The minimum atomic E-state index is -1.04. The van der Waals surface area contributed by atoms with Crippen molar-refractivity contribution in [2.24, 2.45) is 0 Å². The molecule has 1 aromatic heterocycles. The van der Waals surface area contributed by atoms with Crippen molar-refractivity contribution in [1.29, 1.82) is 0 Å². The summed E-state index contributed by atoms with van der Waals surface area (Å²) in [6.07, 6.45) is 2.38. The first-order valence-corrected chi connectivity index (χ1v) is 9.60. The molecule has 0 aliphatic heterocycles. The maximum atomic E-state index is 11.8. The number of hydrogen-bond donors (Lipinski definition) is 1.